The van der Waals surface area contributed by atoms with Gasteiger partial charge < -0.3 is 4.57 Å². The summed E-state index contributed by atoms with van der Waals surface area (Å²) < 4.78 is 15.9. The van der Waals surface area contributed by atoms with Crippen molar-refractivity contribution in [2.75, 3.05) is 0 Å². The zero-order valence-corrected chi connectivity index (χ0v) is 11.3. The van der Waals surface area contributed by atoms with Crippen molar-refractivity contribution < 1.29 is 4.39 Å². The van der Waals surface area contributed by atoms with Crippen LogP contribution in [0.25, 0.3) is 11.0 Å². The number of alkyl halides is 1. The predicted molar refractivity (Wildman–Crippen MR) is 71.4 cm³/mol. The Morgan fingerprint density at radius 1 is 1.44 bits per heavy atom. The lowest BCUT2D eigenvalue weighted by Crippen LogP contribution is -2.26. The van der Waals surface area contributed by atoms with Gasteiger partial charge in [-0.25, -0.2) is 9.37 Å². The highest BCUT2D eigenvalue weighted by Crippen LogP contribution is 2.41. The molecular formula is C14H16ClFN2. The van der Waals surface area contributed by atoms with Gasteiger partial charge in [-0.2, -0.15) is 0 Å². The summed E-state index contributed by atoms with van der Waals surface area (Å²) in [5, 5.41) is -0.201. The SMILES string of the molecule is CC1CC(n2c(C(C)Cl)nc3c(F)cccc32)C1. The molecule has 3 rings (SSSR count). The molecule has 0 spiro atoms. The molecular weight excluding hydrogens is 251 g/mol. The molecule has 0 aliphatic heterocycles. The molecule has 1 aliphatic carbocycles. The van der Waals surface area contributed by atoms with E-state index in [1.807, 2.05) is 13.0 Å². The van der Waals surface area contributed by atoms with Crippen molar-refractivity contribution in [3.8, 4) is 0 Å². The number of aromatic nitrogens is 2. The molecule has 0 N–H and O–H groups in total. The average molecular weight is 267 g/mol. The van der Waals surface area contributed by atoms with Crippen LogP contribution in [0.2, 0.25) is 0 Å². The summed E-state index contributed by atoms with van der Waals surface area (Å²) in [4.78, 5) is 4.40. The van der Waals surface area contributed by atoms with Gasteiger partial charge in [-0.05, 0) is 37.8 Å². The summed E-state index contributed by atoms with van der Waals surface area (Å²) in [5.74, 6) is 1.25. The molecule has 1 heterocycles. The first kappa shape index (κ1) is 12.0. The van der Waals surface area contributed by atoms with Crippen LogP contribution < -0.4 is 0 Å². The molecule has 1 fully saturated rings. The average Bonchev–Trinajstić information content (AvgIpc) is 2.65. The highest BCUT2D eigenvalue weighted by Gasteiger charge is 2.31. The first-order valence-corrected chi connectivity index (χ1v) is 6.82. The van der Waals surface area contributed by atoms with E-state index in [1.165, 1.54) is 6.07 Å². The van der Waals surface area contributed by atoms with Crippen LogP contribution in [-0.4, -0.2) is 9.55 Å². The van der Waals surface area contributed by atoms with Gasteiger partial charge in [-0.3, -0.25) is 0 Å². The molecule has 1 unspecified atom stereocenters. The van der Waals surface area contributed by atoms with Crippen LogP contribution in [0.15, 0.2) is 18.2 Å². The van der Waals surface area contributed by atoms with Crippen LogP contribution in [0.4, 0.5) is 4.39 Å². The summed E-state index contributed by atoms with van der Waals surface area (Å²) in [6, 6.07) is 5.53. The van der Waals surface area contributed by atoms with E-state index >= 15 is 0 Å². The summed E-state index contributed by atoms with van der Waals surface area (Å²) in [6.45, 7) is 4.12. The number of benzene rings is 1. The van der Waals surface area contributed by atoms with Crippen molar-refractivity contribution >= 4 is 22.6 Å². The van der Waals surface area contributed by atoms with E-state index in [9.17, 15) is 4.39 Å². The van der Waals surface area contributed by atoms with E-state index in [2.05, 4.69) is 16.5 Å². The third-order valence-corrected chi connectivity index (χ3v) is 3.96. The zero-order chi connectivity index (χ0) is 12.9. The third-order valence-electron chi connectivity index (χ3n) is 3.77. The van der Waals surface area contributed by atoms with Crippen molar-refractivity contribution in [3.05, 3.63) is 29.8 Å². The molecule has 1 aromatic carbocycles. The number of para-hydroxylation sites is 1. The fraction of sp³-hybridized carbons (Fsp3) is 0.500. The number of halogens is 2. The number of imidazole rings is 1. The number of hydrogen-bond donors (Lipinski definition) is 0. The fourth-order valence-electron chi connectivity index (χ4n) is 2.84. The Labute approximate surface area is 111 Å². The van der Waals surface area contributed by atoms with Crippen molar-refractivity contribution in [2.24, 2.45) is 5.92 Å². The van der Waals surface area contributed by atoms with Gasteiger partial charge in [0.25, 0.3) is 0 Å². The summed E-state index contributed by atoms with van der Waals surface area (Å²) in [5.41, 5.74) is 1.31. The quantitative estimate of drug-likeness (QED) is 0.735. The first-order chi connectivity index (χ1) is 8.58. The van der Waals surface area contributed by atoms with E-state index in [1.54, 1.807) is 6.07 Å². The highest BCUT2D eigenvalue weighted by atomic mass is 35.5. The van der Waals surface area contributed by atoms with E-state index < -0.39 is 0 Å². The molecule has 0 radical (unpaired) electrons. The standard InChI is InChI=1S/C14H16ClFN2/c1-8-6-10(7-8)18-12-5-3-4-11(16)13(12)17-14(18)9(2)15/h3-5,8-10H,6-7H2,1-2H3. The van der Waals surface area contributed by atoms with Crippen LogP contribution in [-0.2, 0) is 0 Å². The minimum absolute atomic E-state index is 0.201. The van der Waals surface area contributed by atoms with Gasteiger partial charge >= 0.3 is 0 Å². The molecule has 0 bridgehead atoms. The monoisotopic (exact) mass is 266 g/mol. The van der Waals surface area contributed by atoms with E-state index in [-0.39, 0.29) is 11.2 Å². The largest absolute Gasteiger partial charge is 0.324 e. The highest BCUT2D eigenvalue weighted by molar-refractivity contribution is 6.20. The normalized spacial score (nSPS) is 25.1. The van der Waals surface area contributed by atoms with Crippen molar-refractivity contribution in [1.29, 1.82) is 0 Å². The zero-order valence-electron chi connectivity index (χ0n) is 10.5. The van der Waals surface area contributed by atoms with Gasteiger partial charge in [-0.1, -0.05) is 13.0 Å². The fourth-order valence-corrected chi connectivity index (χ4v) is 2.99. The van der Waals surface area contributed by atoms with Gasteiger partial charge in [0.2, 0.25) is 0 Å². The predicted octanol–water partition coefficient (Wildman–Crippen LogP) is 4.45. The summed E-state index contributed by atoms with van der Waals surface area (Å²) in [7, 11) is 0. The van der Waals surface area contributed by atoms with E-state index in [0.29, 0.717) is 11.6 Å². The van der Waals surface area contributed by atoms with Gasteiger partial charge in [0.15, 0.2) is 5.82 Å². The Balaban J connectivity index is 2.19. The third kappa shape index (κ3) is 1.72. The molecule has 2 aromatic rings. The van der Waals surface area contributed by atoms with Gasteiger partial charge in [0.05, 0.1) is 10.9 Å². The van der Waals surface area contributed by atoms with Gasteiger partial charge in [0, 0.05) is 6.04 Å². The molecule has 1 aliphatic rings. The molecule has 2 nitrogen and oxygen atoms in total. The smallest absolute Gasteiger partial charge is 0.151 e. The first-order valence-electron chi connectivity index (χ1n) is 6.38. The summed E-state index contributed by atoms with van der Waals surface area (Å²) in [6.07, 6.45) is 2.25. The minimum atomic E-state index is -0.266. The molecule has 96 valence electrons. The number of rotatable bonds is 2. The molecule has 1 saturated carbocycles. The number of nitrogens with zero attached hydrogens (tertiary/aromatic N) is 2. The maximum absolute atomic E-state index is 13.8. The van der Waals surface area contributed by atoms with Crippen molar-refractivity contribution in [2.45, 2.75) is 38.1 Å². The number of fused-ring (bicyclic) bond motifs is 1. The van der Waals surface area contributed by atoms with Crippen molar-refractivity contribution in [1.82, 2.24) is 9.55 Å². The lowest BCUT2D eigenvalue weighted by Gasteiger charge is -2.35. The maximum atomic E-state index is 13.8. The van der Waals surface area contributed by atoms with Crippen LogP contribution in [0, 0.1) is 11.7 Å². The molecule has 0 amide bonds. The lowest BCUT2D eigenvalue weighted by atomic mass is 9.81. The second-order valence-electron chi connectivity index (χ2n) is 5.29. The second-order valence-corrected chi connectivity index (χ2v) is 5.95. The van der Waals surface area contributed by atoms with Crippen LogP contribution in [0.3, 0.4) is 0 Å². The van der Waals surface area contributed by atoms with Gasteiger partial charge in [0.1, 0.15) is 11.3 Å². The van der Waals surface area contributed by atoms with E-state index in [0.717, 1.165) is 30.1 Å². The summed E-state index contributed by atoms with van der Waals surface area (Å²) >= 11 is 6.19. The molecule has 18 heavy (non-hydrogen) atoms. The molecule has 4 heteroatoms. The van der Waals surface area contributed by atoms with Crippen molar-refractivity contribution in [3.63, 3.8) is 0 Å². The Kier molecular flexibility index (Phi) is 2.81. The Bertz CT molecular complexity index is 585. The minimum Gasteiger partial charge on any atom is -0.324 e. The molecule has 1 atom stereocenters. The van der Waals surface area contributed by atoms with Crippen LogP contribution >= 0.6 is 11.6 Å². The van der Waals surface area contributed by atoms with Crippen LogP contribution in [0.1, 0.15) is 43.9 Å². The maximum Gasteiger partial charge on any atom is 0.151 e. The van der Waals surface area contributed by atoms with Crippen LogP contribution in [0.5, 0.6) is 0 Å². The van der Waals surface area contributed by atoms with E-state index in [4.69, 9.17) is 11.6 Å². The Hall–Kier alpha value is -1.09. The molecule has 0 saturated heterocycles. The molecule has 1 aromatic heterocycles. The van der Waals surface area contributed by atoms with Gasteiger partial charge in [-0.15, -0.1) is 11.6 Å². The Morgan fingerprint density at radius 3 is 2.78 bits per heavy atom. The number of hydrogen-bond acceptors (Lipinski definition) is 1. The lowest BCUT2D eigenvalue weighted by molar-refractivity contribution is 0.216. The second kappa shape index (κ2) is 4.23. The topological polar surface area (TPSA) is 17.8 Å². The Morgan fingerprint density at radius 2 is 2.17 bits per heavy atom.